The fraction of sp³-hybridized carbons (Fsp3) is 0.500. The molecule has 0 fully saturated rings. The van der Waals surface area contributed by atoms with Gasteiger partial charge in [-0.15, -0.1) is 0 Å². The van der Waals surface area contributed by atoms with Crippen LogP contribution in [0.3, 0.4) is 0 Å². The standard InChI is InChI=1S/C16H22N2O5S/c1-10(2)14(16(20)21)17-15(19)12-6-7-13-11(9-12)5-4-8-18(13)24(3,22)23/h6-7,9-10,14H,4-5,8H2,1-3H3,(H,17,19)(H,20,21)/t14-/m1/s1. The van der Waals surface area contributed by atoms with Crippen molar-refractivity contribution in [3.05, 3.63) is 29.3 Å². The number of hydrogen-bond acceptors (Lipinski definition) is 4. The first kappa shape index (κ1) is 18.3. The number of nitrogens with one attached hydrogen (secondary N) is 1. The first-order valence-electron chi connectivity index (χ1n) is 7.75. The van der Waals surface area contributed by atoms with Gasteiger partial charge in [0.2, 0.25) is 10.0 Å². The number of anilines is 1. The molecule has 0 radical (unpaired) electrons. The Kier molecular flexibility index (Phi) is 5.17. The number of carbonyl (C=O) groups is 2. The minimum atomic E-state index is -3.36. The Hall–Kier alpha value is -2.09. The number of rotatable bonds is 5. The van der Waals surface area contributed by atoms with E-state index in [4.69, 9.17) is 5.11 Å². The summed E-state index contributed by atoms with van der Waals surface area (Å²) in [5.41, 5.74) is 1.69. The number of aryl methyl sites for hydroxylation is 1. The summed E-state index contributed by atoms with van der Waals surface area (Å²) >= 11 is 0. The lowest BCUT2D eigenvalue weighted by molar-refractivity contribution is -0.140. The largest absolute Gasteiger partial charge is 0.480 e. The Bertz CT molecular complexity index is 758. The van der Waals surface area contributed by atoms with Crippen molar-refractivity contribution in [3.8, 4) is 0 Å². The monoisotopic (exact) mass is 354 g/mol. The highest BCUT2D eigenvalue weighted by Crippen LogP contribution is 2.29. The van der Waals surface area contributed by atoms with E-state index in [0.29, 0.717) is 30.6 Å². The zero-order chi connectivity index (χ0) is 18.1. The number of carbonyl (C=O) groups excluding carboxylic acids is 1. The molecule has 1 atom stereocenters. The molecule has 0 saturated carbocycles. The lowest BCUT2D eigenvalue weighted by Gasteiger charge is -2.29. The highest BCUT2D eigenvalue weighted by atomic mass is 32.2. The number of aliphatic carboxylic acids is 1. The van der Waals surface area contributed by atoms with Gasteiger partial charge in [0.25, 0.3) is 5.91 Å². The van der Waals surface area contributed by atoms with Gasteiger partial charge < -0.3 is 10.4 Å². The summed E-state index contributed by atoms with van der Waals surface area (Å²) in [7, 11) is -3.36. The Balaban J connectivity index is 2.28. The molecule has 1 aromatic rings. The first-order chi connectivity index (χ1) is 11.1. The van der Waals surface area contributed by atoms with Crippen molar-refractivity contribution < 1.29 is 23.1 Å². The van der Waals surface area contributed by atoms with Crippen LogP contribution in [-0.2, 0) is 21.2 Å². The molecular weight excluding hydrogens is 332 g/mol. The van der Waals surface area contributed by atoms with Crippen molar-refractivity contribution in [2.45, 2.75) is 32.7 Å². The Morgan fingerprint density at radius 1 is 1.29 bits per heavy atom. The number of carboxylic acid groups (broad SMARTS) is 1. The highest BCUT2D eigenvalue weighted by Gasteiger charge is 2.27. The lowest BCUT2D eigenvalue weighted by atomic mass is 9.99. The average molecular weight is 354 g/mol. The van der Waals surface area contributed by atoms with Gasteiger partial charge in [-0.25, -0.2) is 13.2 Å². The summed E-state index contributed by atoms with van der Waals surface area (Å²) in [5, 5.41) is 11.7. The van der Waals surface area contributed by atoms with Crippen LogP contribution >= 0.6 is 0 Å². The number of nitrogens with zero attached hydrogens (tertiary/aromatic N) is 1. The summed E-state index contributed by atoms with van der Waals surface area (Å²) in [6.07, 6.45) is 2.51. The SMILES string of the molecule is CC(C)[C@@H](NC(=O)c1ccc2c(c1)CCCN2S(C)(=O)=O)C(=O)O. The van der Waals surface area contributed by atoms with Crippen LogP contribution in [0.15, 0.2) is 18.2 Å². The van der Waals surface area contributed by atoms with Gasteiger partial charge in [-0.2, -0.15) is 0 Å². The molecule has 0 saturated heterocycles. The summed E-state index contributed by atoms with van der Waals surface area (Å²) in [5.74, 6) is -1.81. The molecule has 1 amide bonds. The molecule has 1 heterocycles. The van der Waals surface area contributed by atoms with E-state index in [1.807, 2.05) is 0 Å². The van der Waals surface area contributed by atoms with Crippen molar-refractivity contribution >= 4 is 27.6 Å². The molecule has 24 heavy (non-hydrogen) atoms. The molecule has 0 aromatic heterocycles. The Labute approximate surface area is 141 Å². The first-order valence-corrected chi connectivity index (χ1v) is 9.60. The molecule has 1 aromatic carbocycles. The summed E-state index contributed by atoms with van der Waals surface area (Å²) in [4.78, 5) is 23.5. The highest BCUT2D eigenvalue weighted by molar-refractivity contribution is 7.92. The minimum absolute atomic E-state index is 0.246. The number of fused-ring (bicyclic) bond motifs is 1. The van der Waals surface area contributed by atoms with Gasteiger partial charge in [0.1, 0.15) is 6.04 Å². The van der Waals surface area contributed by atoms with Gasteiger partial charge >= 0.3 is 5.97 Å². The second-order valence-corrected chi connectivity index (χ2v) is 8.22. The minimum Gasteiger partial charge on any atom is -0.480 e. The number of sulfonamides is 1. The van der Waals surface area contributed by atoms with Crippen molar-refractivity contribution in [1.82, 2.24) is 5.32 Å². The summed E-state index contributed by atoms with van der Waals surface area (Å²) < 4.78 is 25.0. The molecule has 0 aliphatic carbocycles. The number of benzene rings is 1. The molecule has 7 nitrogen and oxygen atoms in total. The quantitative estimate of drug-likeness (QED) is 0.828. The van der Waals surface area contributed by atoms with Crippen LogP contribution in [0.2, 0.25) is 0 Å². The molecule has 0 spiro atoms. The van der Waals surface area contributed by atoms with E-state index in [-0.39, 0.29) is 5.92 Å². The maximum absolute atomic E-state index is 12.3. The van der Waals surface area contributed by atoms with Crippen LogP contribution in [0.1, 0.15) is 36.2 Å². The maximum Gasteiger partial charge on any atom is 0.326 e. The van der Waals surface area contributed by atoms with Gasteiger partial charge in [-0.3, -0.25) is 9.10 Å². The van der Waals surface area contributed by atoms with E-state index < -0.39 is 27.9 Å². The Morgan fingerprint density at radius 2 is 1.96 bits per heavy atom. The molecule has 8 heteroatoms. The van der Waals surface area contributed by atoms with Gasteiger partial charge in [0.15, 0.2) is 0 Å². The second kappa shape index (κ2) is 6.80. The van der Waals surface area contributed by atoms with Crippen molar-refractivity contribution in [1.29, 1.82) is 0 Å². The van der Waals surface area contributed by atoms with Gasteiger partial charge in [0, 0.05) is 12.1 Å². The van der Waals surface area contributed by atoms with Crippen LogP contribution in [0.5, 0.6) is 0 Å². The molecule has 0 unspecified atom stereocenters. The van der Waals surface area contributed by atoms with Crippen molar-refractivity contribution in [2.75, 3.05) is 17.1 Å². The van der Waals surface area contributed by atoms with Crippen LogP contribution in [0.25, 0.3) is 0 Å². The third-order valence-corrected chi connectivity index (χ3v) is 5.22. The summed E-state index contributed by atoms with van der Waals surface area (Å²) in [6, 6.07) is 3.80. The zero-order valence-electron chi connectivity index (χ0n) is 13.9. The van der Waals surface area contributed by atoms with Gasteiger partial charge in [-0.05, 0) is 42.5 Å². The zero-order valence-corrected chi connectivity index (χ0v) is 14.8. The van der Waals surface area contributed by atoms with Crippen molar-refractivity contribution in [3.63, 3.8) is 0 Å². The van der Waals surface area contributed by atoms with Crippen LogP contribution in [0, 0.1) is 5.92 Å². The van der Waals surface area contributed by atoms with E-state index in [2.05, 4.69) is 5.32 Å². The number of amides is 1. The third kappa shape index (κ3) is 3.87. The number of carboxylic acids is 1. The second-order valence-electron chi connectivity index (χ2n) is 6.32. The predicted molar refractivity (Wildman–Crippen MR) is 90.7 cm³/mol. The van der Waals surface area contributed by atoms with Crippen LogP contribution < -0.4 is 9.62 Å². The molecule has 1 aliphatic heterocycles. The van der Waals surface area contributed by atoms with Gasteiger partial charge in [0.05, 0.1) is 11.9 Å². The predicted octanol–water partition coefficient (Wildman–Crippen LogP) is 1.24. The van der Waals surface area contributed by atoms with E-state index in [0.717, 1.165) is 11.8 Å². The van der Waals surface area contributed by atoms with E-state index in [1.165, 1.54) is 10.4 Å². The molecule has 2 rings (SSSR count). The molecule has 0 bridgehead atoms. The van der Waals surface area contributed by atoms with Gasteiger partial charge in [-0.1, -0.05) is 13.8 Å². The Morgan fingerprint density at radius 3 is 2.50 bits per heavy atom. The average Bonchev–Trinajstić information content (AvgIpc) is 2.49. The van der Waals surface area contributed by atoms with Crippen LogP contribution in [0.4, 0.5) is 5.69 Å². The lowest BCUT2D eigenvalue weighted by Crippen LogP contribution is -2.44. The summed E-state index contributed by atoms with van der Waals surface area (Å²) in [6.45, 7) is 3.86. The molecule has 1 aliphatic rings. The van der Waals surface area contributed by atoms with E-state index in [1.54, 1.807) is 26.0 Å². The molecule has 132 valence electrons. The van der Waals surface area contributed by atoms with Crippen molar-refractivity contribution in [2.24, 2.45) is 5.92 Å². The normalized spacial score (nSPS) is 15.8. The van der Waals surface area contributed by atoms with E-state index in [9.17, 15) is 18.0 Å². The third-order valence-electron chi connectivity index (χ3n) is 4.04. The molecular formula is C16H22N2O5S. The number of hydrogen-bond donors (Lipinski definition) is 2. The topological polar surface area (TPSA) is 104 Å². The molecule has 2 N–H and O–H groups in total. The fourth-order valence-electron chi connectivity index (χ4n) is 2.79. The fourth-order valence-corrected chi connectivity index (χ4v) is 3.78. The van der Waals surface area contributed by atoms with E-state index >= 15 is 0 Å². The maximum atomic E-state index is 12.3. The van der Waals surface area contributed by atoms with Crippen LogP contribution in [-0.4, -0.2) is 44.2 Å². The smallest absolute Gasteiger partial charge is 0.326 e.